The lowest BCUT2D eigenvalue weighted by molar-refractivity contribution is -0.137. The number of halogens is 3. The number of para-hydroxylation sites is 1. The summed E-state index contributed by atoms with van der Waals surface area (Å²) in [6, 6.07) is 8.01. The number of alkyl halides is 3. The average Bonchev–Trinajstić information content (AvgIpc) is 3.03. The molecular formula is C18H15F3N2. The maximum Gasteiger partial charge on any atom is 0.418 e. The van der Waals surface area contributed by atoms with E-state index in [9.17, 15) is 13.2 Å². The molecule has 1 aliphatic heterocycles. The van der Waals surface area contributed by atoms with Gasteiger partial charge in [0, 0.05) is 18.3 Å². The summed E-state index contributed by atoms with van der Waals surface area (Å²) in [6.45, 7) is 0. The van der Waals surface area contributed by atoms with Gasteiger partial charge in [0.15, 0.2) is 0 Å². The number of hydrogen-bond donors (Lipinski definition) is 1. The predicted molar refractivity (Wildman–Crippen MR) is 82.0 cm³/mol. The maximum atomic E-state index is 13.4. The van der Waals surface area contributed by atoms with Crippen molar-refractivity contribution >= 4 is 5.69 Å². The van der Waals surface area contributed by atoms with Crippen LogP contribution < -0.4 is 5.32 Å². The SMILES string of the molecule is FC(F)(F)c1cccc2c1N[C@H](c1cccnc1)[C@H]1CC=C[C@@H]21. The highest BCUT2D eigenvalue weighted by Crippen LogP contribution is 2.52. The lowest BCUT2D eigenvalue weighted by atomic mass is 9.76. The Morgan fingerprint density at radius 2 is 2.00 bits per heavy atom. The Morgan fingerprint density at radius 3 is 2.74 bits per heavy atom. The van der Waals surface area contributed by atoms with Gasteiger partial charge in [-0.2, -0.15) is 13.2 Å². The molecule has 4 rings (SSSR count). The summed E-state index contributed by atoms with van der Waals surface area (Å²) in [6.07, 6.45) is 3.99. The lowest BCUT2D eigenvalue weighted by Crippen LogP contribution is -2.30. The van der Waals surface area contributed by atoms with Gasteiger partial charge in [-0.15, -0.1) is 0 Å². The van der Waals surface area contributed by atoms with Crippen LogP contribution in [0.2, 0.25) is 0 Å². The minimum atomic E-state index is -4.37. The lowest BCUT2D eigenvalue weighted by Gasteiger charge is -2.38. The molecule has 0 radical (unpaired) electrons. The van der Waals surface area contributed by atoms with E-state index in [1.165, 1.54) is 6.07 Å². The second kappa shape index (κ2) is 5.11. The predicted octanol–water partition coefficient (Wildman–Crippen LogP) is 4.93. The standard InChI is InChI=1S/C18H15F3N2/c19-18(20,21)15-8-2-7-14-12-5-1-6-13(12)16(23-17(14)15)11-4-3-9-22-10-11/h1-5,7-10,12-13,16,23H,6H2/t12-,13+,16-/m1/s1. The summed E-state index contributed by atoms with van der Waals surface area (Å²) in [7, 11) is 0. The van der Waals surface area contributed by atoms with Crippen LogP contribution in [0.25, 0.3) is 0 Å². The fraction of sp³-hybridized carbons (Fsp3) is 0.278. The summed E-state index contributed by atoms with van der Waals surface area (Å²) >= 11 is 0. The van der Waals surface area contributed by atoms with E-state index in [4.69, 9.17) is 0 Å². The molecule has 0 unspecified atom stereocenters. The molecule has 2 heterocycles. The number of nitrogens with zero attached hydrogens (tertiary/aromatic N) is 1. The highest BCUT2D eigenvalue weighted by molar-refractivity contribution is 5.65. The van der Waals surface area contributed by atoms with Crippen molar-refractivity contribution in [3.63, 3.8) is 0 Å². The van der Waals surface area contributed by atoms with E-state index >= 15 is 0 Å². The highest BCUT2D eigenvalue weighted by Gasteiger charge is 2.42. The number of benzene rings is 1. The van der Waals surface area contributed by atoms with Gasteiger partial charge in [-0.3, -0.25) is 4.98 Å². The minimum absolute atomic E-state index is 0.0127. The van der Waals surface area contributed by atoms with E-state index in [0.29, 0.717) is 0 Å². The quantitative estimate of drug-likeness (QED) is 0.755. The number of aromatic nitrogens is 1. The fourth-order valence-corrected chi connectivity index (χ4v) is 3.75. The third-order valence-corrected chi connectivity index (χ3v) is 4.75. The molecule has 3 atom stereocenters. The van der Waals surface area contributed by atoms with Crippen molar-refractivity contribution in [1.29, 1.82) is 0 Å². The Labute approximate surface area is 132 Å². The van der Waals surface area contributed by atoms with Crippen molar-refractivity contribution in [2.75, 3.05) is 5.32 Å². The van der Waals surface area contributed by atoms with Crippen LogP contribution in [0.5, 0.6) is 0 Å². The normalized spacial score (nSPS) is 25.6. The van der Waals surface area contributed by atoms with Crippen molar-refractivity contribution in [2.45, 2.75) is 24.6 Å². The van der Waals surface area contributed by atoms with Crippen LogP contribution in [0.1, 0.15) is 35.1 Å². The monoisotopic (exact) mass is 316 g/mol. The Hall–Kier alpha value is -2.30. The zero-order chi connectivity index (χ0) is 16.0. The van der Waals surface area contributed by atoms with E-state index in [2.05, 4.69) is 16.4 Å². The van der Waals surface area contributed by atoms with Gasteiger partial charge in [-0.25, -0.2) is 0 Å². The molecule has 0 amide bonds. The first-order valence-corrected chi connectivity index (χ1v) is 7.59. The third-order valence-electron chi connectivity index (χ3n) is 4.75. The molecule has 1 aromatic carbocycles. The van der Waals surface area contributed by atoms with Crippen LogP contribution in [0.15, 0.2) is 54.9 Å². The molecule has 0 bridgehead atoms. The zero-order valence-corrected chi connectivity index (χ0v) is 12.2. The number of pyridine rings is 1. The van der Waals surface area contributed by atoms with Gasteiger partial charge in [0.25, 0.3) is 0 Å². The molecule has 2 aliphatic rings. The van der Waals surface area contributed by atoms with Gasteiger partial charge in [-0.05, 0) is 35.6 Å². The molecule has 1 aliphatic carbocycles. The van der Waals surface area contributed by atoms with Crippen molar-refractivity contribution in [1.82, 2.24) is 4.98 Å². The summed E-state index contributed by atoms with van der Waals surface area (Å²) in [5.74, 6) is 0.230. The van der Waals surface area contributed by atoms with Crippen molar-refractivity contribution in [3.05, 3.63) is 71.6 Å². The van der Waals surface area contributed by atoms with E-state index in [-0.39, 0.29) is 23.6 Å². The van der Waals surface area contributed by atoms with Crippen molar-refractivity contribution in [2.24, 2.45) is 5.92 Å². The number of allylic oxidation sites excluding steroid dienone is 2. The number of anilines is 1. The molecule has 0 saturated carbocycles. The summed E-state index contributed by atoms with van der Waals surface area (Å²) in [5, 5.41) is 3.16. The van der Waals surface area contributed by atoms with Gasteiger partial charge < -0.3 is 5.32 Å². The third kappa shape index (κ3) is 2.31. The van der Waals surface area contributed by atoms with E-state index < -0.39 is 11.7 Å². The fourth-order valence-electron chi connectivity index (χ4n) is 3.75. The minimum Gasteiger partial charge on any atom is -0.377 e. The topological polar surface area (TPSA) is 24.9 Å². The van der Waals surface area contributed by atoms with E-state index in [1.54, 1.807) is 18.5 Å². The summed E-state index contributed by atoms with van der Waals surface area (Å²) in [5.41, 5.74) is 1.27. The van der Waals surface area contributed by atoms with Crippen LogP contribution in [-0.4, -0.2) is 4.98 Å². The maximum absolute atomic E-state index is 13.4. The molecule has 23 heavy (non-hydrogen) atoms. The van der Waals surface area contributed by atoms with Gasteiger partial charge in [0.1, 0.15) is 0 Å². The largest absolute Gasteiger partial charge is 0.418 e. The Kier molecular flexibility index (Phi) is 3.18. The highest BCUT2D eigenvalue weighted by atomic mass is 19.4. The van der Waals surface area contributed by atoms with Gasteiger partial charge in [0.2, 0.25) is 0 Å². The zero-order valence-electron chi connectivity index (χ0n) is 12.2. The molecule has 1 N–H and O–H groups in total. The van der Waals surface area contributed by atoms with Crippen LogP contribution >= 0.6 is 0 Å². The first kappa shape index (κ1) is 14.3. The van der Waals surface area contributed by atoms with Gasteiger partial charge in [0.05, 0.1) is 17.3 Å². The average molecular weight is 316 g/mol. The Morgan fingerprint density at radius 1 is 1.13 bits per heavy atom. The second-order valence-electron chi connectivity index (χ2n) is 6.03. The molecule has 118 valence electrons. The number of fused-ring (bicyclic) bond motifs is 3. The molecular weight excluding hydrogens is 301 g/mol. The van der Waals surface area contributed by atoms with Gasteiger partial charge in [-0.1, -0.05) is 30.4 Å². The molecule has 2 nitrogen and oxygen atoms in total. The summed E-state index contributed by atoms with van der Waals surface area (Å²) in [4.78, 5) is 4.12. The molecule has 0 spiro atoms. The molecule has 2 aromatic rings. The molecule has 1 aromatic heterocycles. The van der Waals surface area contributed by atoms with Crippen molar-refractivity contribution < 1.29 is 13.2 Å². The van der Waals surface area contributed by atoms with E-state index in [1.807, 2.05) is 18.2 Å². The number of nitrogens with one attached hydrogen (secondary N) is 1. The van der Waals surface area contributed by atoms with Crippen molar-refractivity contribution in [3.8, 4) is 0 Å². The Balaban J connectivity index is 1.86. The molecule has 0 saturated heterocycles. The summed E-state index contributed by atoms with van der Waals surface area (Å²) < 4.78 is 40.1. The molecule has 5 heteroatoms. The first-order valence-electron chi connectivity index (χ1n) is 7.59. The van der Waals surface area contributed by atoms with Crippen LogP contribution in [-0.2, 0) is 6.18 Å². The molecule has 0 fully saturated rings. The number of hydrogen-bond acceptors (Lipinski definition) is 2. The van der Waals surface area contributed by atoms with E-state index in [0.717, 1.165) is 23.6 Å². The first-order chi connectivity index (χ1) is 11.1. The smallest absolute Gasteiger partial charge is 0.377 e. The number of rotatable bonds is 1. The van der Waals surface area contributed by atoms with Crippen LogP contribution in [0.3, 0.4) is 0 Å². The second-order valence-corrected chi connectivity index (χ2v) is 6.03. The van der Waals surface area contributed by atoms with Gasteiger partial charge >= 0.3 is 6.18 Å². The Bertz CT molecular complexity index is 753. The van der Waals surface area contributed by atoms with Crippen LogP contribution in [0.4, 0.5) is 18.9 Å². The van der Waals surface area contributed by atoms with Crippen LogP contribution in [0, 0.1) is 5.92 Å².